The molecule has 3 aromatic carbocycles. The van der Waals surface area contributed by atoms with Crippen LogP contribution in [0.4, 0.5) is 5.69 Å². The first-order valence-corrected chi connectivity index (χ1v) is 10.8. The molecule has 0 heterocycles. The lowest BCUT2D eigenvalue weighted by atomic mass is 10.1. The zero-order valence-corrected chi connectivity index (χ0v) is 18.5. The fourth-order valence-corrected chi connectivity index (χ4v) is 4.36. The molecule has 3 rings (SSSR count). The molecule has 0 spiro atoms. The van der Waals surface area contributed by atoms with Crippen LogP contribution < -0.4 is 18.5 Å². The van der Waals surface area contributed by atoms with Crippen molar-refractivity contribution < 1.29 is 27.4 Å². The number of anilines is 1. The summed E-state index contributed by atoms with van der Waals surface area (Å²) in [6.07, 6.45) is 0. The van der Waals surface area contributed by atoms with Crippen molar-refractivity contribution in [3.8, 4) is 17.2 Å². The molecule has 0 bridgehead atoms. The molecule has 7 nitrogen and oxygen atoms in total. The summed E-state index contributed by atoms with van der Waals surface area (Å²) >= 11 is 0. The number of sulfonamides is 1. The van der Waals surface area contributed by atoms with E-state index in [1.165, 1.54) is 57.7 Å². The standard InChI is InChI=1S/C23H23NO6S/c1-16-5-11-22(12-6-16)31(26,27)24(18-7-9-19(28-2)10-8-18)23(25)17-13-20(29-3)15-21(14-17)30-4/h5-15H,1-4H3. The summed E-state index contributed by atoms with van der Waals surface area (Å²) in [5.74, 6) is 0.519. The van der Waals surface area contributed by atoms with Crippen LogP contribution in [0.2, 0.25) is 0 Å². The highest BCUT2D eigenvalue weighted by atomic mass is 32.2. The molecule has 0 aliphatic carbocycles. The van der Waals surface area contributed by atoms with Gasteiger partial charge in [-0.15, -0.1) is 0 Å². The van der Waals surface area contributed by atoms with Gasteiger partial charge in [0.25, 0.3) is 15.9 Å². The third-order valence-electron chi connectivity index (χ3n) is 4.65. The van der Waals surface area contributed by atoms with Crippen molar-refractivity contribution in [1.82, 2.24) is 0 Å². The van der Waals surface area contributed by atoms with E-state index < -0.39 is 15.9 Å². The number of amides is 1. The van der Waals surface area contributed by atoms with E-state index in [2.05, 4.69) is 0 Å². The molecule has 1 amide bonds. The van der Waals surface area contributed by atoms with Gasteiger partial charge in [0, 0.05) is 11.6 Å². The van der Waals surface area contributed by atoms with Crippen LogP contribution in [0.3, 0.4) is 0 Å². The molecular weight excluding hydrogens is 418 g/mol. The van der Waals surface area contributed by atoms with Gasteiger partial charge in [-0.05, 0) is 55.5 Å². The lowest BCUT2D eigenvalue weighted by Gasteiger charge is -2.23. The number of methoxy groups -OCH3 is 3. The Balaban J connectivity index is 2.18. The van der Waals surface area contributed by atoms with E-state index in [1.807, 2.05) is 6.92 Å². The minimum atomic E-state index is -4.22. The van der Waals surface area contributed by atoms with E-state index in [9.17, 15) is 13.2 Å². The van der Waals surface area contributed by atoms with Crippen molar-refractivity contribution in [2.45, 2.75) is 11.8 Å². The number of hydrogen-bond acceptors (Lipinski definition) is 6. The molecule has 0 N–H and O–H groups in total. The molecule has 0 radical (unpaired) electrons. The van der Waals surface area contributed by atoms with E-state index in [-0.39, 0.29) is 16.1 Å². The number of carbonyl (C=O) groups is 1. The zero-order valence-electron chi connectivity index (χ0n) is 17.7. The van der Waals surface area contributed by atoms with Crippen LogP contribution in [0.1, 0.15) is 15.9 Å². The highest BCUT2D eigenvalue weighted by molar-refractivity contribution is 7.93. The molecule has 0 aliphatic heterocycles. The van der Waals surface area contributed by atoms with Gasteiger partial charge in [-0.1, -0.05) is 17.7 Å². The molecule has 0 aliphatic rings. The first-order valence-electron chi connectivity index (χ1n) is 9.33. The van der Waals surface area contributed by atoms with Crippen molar-refractivity contribution in [2.75, 3.05) is 25.6 Å². The van der Waals surface area contributed by atoms with Crippen molar-refractivity contribution >= 4 is 21.6 Å². The molecule has 0 aromatic heterocycles. The van der Waals surface area contributed by atoms with E-state index in [0.29, 0.717) is 17.2 Å². The molecule has 8 heteroatoms. The molecule has 3 aromatic rings. The third kappa shape index (κ3) is 4.64. The Hall–Kier alpha value is -3.52. The fourth-order valence-electron chi connectivity index (χ4n) is 2.95. The number of rotatable bonds is 7. The molecule has 0 atom stereocenters. The summed E-state index contributed by atoms with van der Waals surface area (Å²) < 4.78 is 43.4. The summed E-state index contributed by atoms with van der Waals surface area (Å²) in [7, 11) is 0.191. The van der Waals surface area contributed by atoms with Crippen molar-refractivity contribution in [1.29, 1.82) is 0 Å². The normalized spacial score (nSPS) is 11.0. The van der Waals surface area contributed by atoms with Crippen LogP contribution in [0.25, 0.3) is 0 Å². The van der Waals surface area contributed by atoms with Crippen LogP contribution in [0.5, 0.6) is 17.2 Å². The third-order valence-corrected chi connectivity index (χ3v) is 6.37. The Labute approximate surface area is 181 Å². The maximum atomic E-state index is 13.5. The highest BCUT2D eigenvalue weighted by Crippen LogP contribution is 2.30. The van der Waals surface area contributed by atoms with E-state index in [4.69, 9.17) is 14.2 Å². The van der Waals surface area contributed by atoms with Gasteiger partial charge in [-0.25, -0.2) is 8.42 Å². The average molecular weight is 442 g/mol. The number of ether oxygens (including phenoxy) is 3. The van der Waals surface area contributed by atoms with Crippen LogP contribution >= 0.6 is 0 Å². The Kier molecular flexibility index (Phi) is 6.50. The Bertz CT molecular complexity index is 1150. The van der Waals surface area contributed by atoms with Crippen molar-refractivity contribution in [3.63, 3.8) is 0 Å². The highest BCUT2D eigenvalue weighted by Gasteiger charge is 2.32. The molecule has 0 unspecified atom stereocenters. The average Bonchev–Trinajstić information content (AvgIpc) is 2.79. The summed E-state index contributed by atoms with van der Waals surface area (Å²) in [5.41, 5.74) is 1.18. The maximum Gasteiger partial charge on any atom is 0.272 e. The molecule has 0 saturated heterocycles. The predicted octanol–water partition coefficient (Wildman–Crippen LogP) is 4.06. The lowest BCUT2D eigenvalue weighted by Crippen LogP contribution is -2.37. The SMILES string of the molecule is COc1ccc(N(C(=O)c2cc(OC)cc(OC)c2)S(=O)(=O)c2ccc(C)cc2)cc1. The molecule has 0 saturated carbocycles. The van der Waals surface area contributed by atoms with E-state index in [0.717, 1.165) is 9.87 Å². The van der Waals surface area contributed by atoms with Crippen LogP contribution in [-0.2, 0) is 10.0 Å². The second kappa shape index (κ2) is 9.09. The number of hydrogen-bond donors (Lipinski definition) is 0. The first kappa shape index (κ1) is 22.2. The quantitative estimate of drug-likeness (QED) is 0.550. The molecule has 31 heavy (non-hydrogen) atoms. The summed E-state index contributed by atoms with van der Waals surface area (Å²) in [6.45, 7) is 1.85. The van der Waals surface area contributed by atoms with Gasteiger partial charge >= 0.3 is 0 Å². The summed E-state index contributed by atoms with van der Waals surface area (Å²) in [5, 5.41) is 0. The number of nitrogens with zero attached hydrogens (tertiary/aromatic N) is 1. The molecule has 162 valence electrons. The zero-order chi connectivity index (χ0) is 22.6. The predicted molar refractivity (Wildman–Crippen MR) is 118 cm³/mol. The largest absolute Gasteiger partial charge is 0.497 e. The van der Waals surface area contributed by atoms with Crippen LogP contribution in [-0.4, -0.2) is 35.7 Å². The van der Waals surface area contributed by atoms with Crippen molar-refractivity contribution in [2.24, 2.45) is 0 Å². The summed E-state index contributed by atoms with van der Waals surface area (Å²) in [6, 6.07) is 17.0. The minimum Gasteiger partial charge on any atom is -0.497 e. The fraction of sp³-hybridized carbons (Fsp3) is 0.174. The van der Waals surface area contributed by atoms with E-state index >= 15 is 0 Å². The summed E-state index contributed by atoms with van der Waals surface area (Å²) in [4.78, 5) is 13.5. The Morgan fingerprint density at radius 2 is 1.26 bits per heavy atom. The second-order valence-electron chi connectivity index (χ2n) is 6.69. The van der Waals surface area contributed by atoms with Gasteiger partial charge in [0.15, 0.2) is 0 Å². The van der Waals surface area contributed by atoms with Gasteiger partial charge in [0.2, 0.25) is 0 Å². The van der Waals surface area contributed by atoms with Crippen LogP contribution in [0, 0.1) is 6.92 Å². The van der Waals surface area contributed by atoms with Gasteiger partial charge < -0.3 is 14.2 Å². The number of aryl methyl sites for hydroxylation is 1. The van der Waals surface area contributed by atoms with E-state index in [1.54, 1.807) is 30.3 Å². The van der Waals surface area contributed by atoms with Crippen molar-refractivity contribution in [3.05, 3.63) is 77.9 Å². The number of carbonyl (C=O) groups excluding carboxylic acids is 1. The smallest absolute Gasteiger partial charge is 0.272 e. The number of benzene rings is 3. The topological polar surface area (TPSA) is 82.1 Å². The molecule has 0 fully saturated rings. The maximum absolute atomic E-state index is 13.5. The Morgan fingerprint density at radius 1 is 0.742 bits per heavy atom. The minimum absolute atomic E-state index is 0.00266. The van der Waals surface area contributed by atoms with Crippen LogP contribution in [0.15, 0.2) is 71.6 Å². The van der Waals surface area contributed by atoms with Gasteiger partial charge in [0.1, 0.15) is 17.2 Å². The molecular formula is C23H23NO6S. The van der Waals surface area contributed by atoms with Gasteiger partial charge in [-0.3, -0.25) is 4.79 Å². The first-order chi connectivity index (χ1) is 14.8. The Morgan fingerprint density at radius 3 is 1.74 bits per heavy atom. The monoisotopic (exact) mass is 441 g/mol. The van der Waals surface area contributed by atoms with Gasteiger partial charge in [-0.2, -0.15) is 4.31 Å². The lowest BCUT2D eigenvalue weighted by molar-refractivity contribution is 0.100. The second-order valence-corrected chi connectivity index (χ2v) is 8.47. The van der Waals surface area contributed by atoms with Gasteiger partial charge in [0.05, 0.1) is 31.9 Å².